The molecule has 2 aromatic heterocycles. The van der Waals surface area contributed by atoms with Gasteiger partial charge in [-0.25, -0.2) is 0 Å². The second-order valence-corrected chi connectivity index (χ2v) is 6.15. The normalized spacial score (nSPS) is 10.4. The fourth-order valence-electron chi connectivity index (χ4n) is 2.09. The highest BCUT2D eigenvalue weighted by molar-refractivity contribution is 7.12. The molecule has 0 radical (unpaired) electrons. The number of benzene rings is 1. The molecule has 3 rings (SSSR count). The van der Waals surface area contributed by atoms with Gasteiger partial charge in [-0.1, -0.05) is 35.9 Å². The van der Waals surface area contributed by atoms with E-state index in [0.29, 0.717) is 23.9 Å². The molecule has 1 amide bonds. The van der Waals surface area contributed by atoms with Crippen LogP contribution in [0.4, 0.5) is 0 Å². The summed E-state index contributed by atoms with van der Waals surface area (Å²) in [6.07, 6.45) is 0. The van der Waals surface area contributed by atoms with Crippen LogP contribution in [0.5, 0.6) is 5.88 Å². The largest absolute Gasteiger partial charge is 0.475 e. The van der Waals surface area contributed by atoms with E-state index in [-0.39, 0.29) is 5.91 Å². The van der Waals surface area contributed by atoms with Gasteiger partial charge in [-0.3, -0.25) is 4.79 Å². The van der Waals surface area contributed by atoms with E-state index in [1.165, 1.54) is 16.9 Å². The molecule has 0 spiro atoms. The van der Waals surface area contributed by atoms with Gasteiger partial charge in [0.2, 0.25) is 5.88 Å². The van der Waals surface area contributed by atoms with Gasteiger partial charge in [0.25, 0.3) is 5.91 Å². The first-order valence-corrected chi connectivity index (χ1v) is 8.45. The summed E-state index contributed by atoms with van der Waals surface area (Å²) in [6, 6.07) is 15.4. The summed E-state index contributed by atoms with van der Waals surface area (Å²) in [5.74, 6) is 0.352. The van der Waals surface area contributed by atoms with Crippen molar-refractivity contribution in [3.63, 3.8) is 0 Å². The van der Waals surface area contributed by atoms with Crippen LogP contribution in [0.2, 0.25) is 0 Å². The van der Waals surface area contributed by atoms with Crippen molar-refractivity contribution in [2.24, 2.45) is 0 Å². The summed E-state index contributed by atoms with van der Waals surface area (Å²) in [5.41, 5.74) is 3.02. The molecule has 0 aliphatic carbocycles. The molecule has 1 aromatic carbocycles. The van der Waals surface area contributed by atoms with Crippen LogP contribution >= 0.6 is 11.3 Å². The van der Waals surface area contributed by atoms with Gasteiger partial charge in [0.05, 0.1) is 17.1 Å². The molecule has 0 saturated carbocycles. The lowest BCUT2D eigenvalue weighted by atomic mass is 10.1. The third-order valence-corrected chi connectivity index (χ3v) is 4.24. The summed E-state index contributed by atoms with van der Waals surface area (Å²) in [4.78, 5) is 12.5. The van der Waals surface area contributed by atoms with Crippen molar-refractivity contribution in [3.05, 3.63) is 64.4 Å². The molecule has 0 saturated heterocycles. The van der Waals surface area contributed by atoms with Gasteiger partial charge in [0.15, 0.2) is 0 Å². The average Bonchev–Trinajstić information content (AvgIpc) is 3.15. The molecule has 0 unspecified atom stereocenters. The van der Waals surface area contributed by atoms with Crippen molar-refractivity contribution in [1.29, 1.82) is 0 Å². The molecule has 6 heteroatoms. The van der Waals surface area contributed by atoms with E-state index in [2.05, 4.69) is 15.5 Å². The molecule has 0 bridgehead atoms. The lowest BCUT2D eigenvalue weighted by Gasteiger charge is -2.06. The van der Waals surface area contributed by atoms with Crippen LogP contribution in [0.3, 0.4) is 0 Å². The lowest BCUT2D eigenvalue weighted by Crippen LogP contribution is -2.27. The third kappa shape index (κ3) is 4.17. The number of aryl methyl sites for hydroxylation is 1. The monoisotopic (exact) mass is 339 g/mol. The average molecular weight is 339 g/mol. The van der Waals surface area contributed by atoms with Gasteiger partial charge in [-0.15, -0.1) is 21.5 Å². The highest BCUT2D eigenvalue weighted by Crippen LogP contribution is 2.18. The van der Waals surface area contributed by atoms with E-state index in [4.69, 9.17) is 4.74 Å². The SMILES string of the molecule is Cc1ccc(-c2ccc(OCCNC(=O)c3cccs3)nn2)cc1. The standard InChI is InChI=1S/C18H17N3O2S/c1-13-4-6-14(7-5-13)15-8-9-17(21-20-15)23-11-10-19-18(22)16-3-2-12-24-16/h2-9,12H,10-11H2,1H3,(H,19,22). The van der Waals surface area contributed by atoms with Gasteiger partial charge in [-0.2, -0.15) is 0 Å². The minimum absolute atomic E-state index is 0.0885. The maximum Gasteiger partial charge on any atom is 0.261 e. The van der Waals surface area contributed by atoms with Gasteiger partial charge in [0.1, 0.15) is 6.61 Å². The quantitative estimate of drug-likeness (QED) is 0.700. The number of thiophene rings is 1. The van der Waals surface area contributed by atoms with E-state index in [9.17, 15) is 4.79 Å². The number of hydrogen-bond acceptors (Lipinski definition) is 5. The second-order valence-electron chi connectivity index (χ2n) is 5.20. The smallest absolute Gasteiger partial charge is 0.261 e. The summed E-state index contributed by atoms with van der Waals surface area (Å²) in [7, 11) is 0. The van der Waals surface area contributed by atoms with Crippen LogP contribution in [0, 0.1) is 6.92 Å². The molecule has 0 aliphatic heterocycles. The Morgan fingerprint density at radius 1 is 1.12 bits per heavy atom. The maximum absolute atomic E-state index is 11.8. The van der Waals surface area contributed by atoms with E-state index < -0.39 is 0 Å². The highest BCUT2D eigenvalue weighted by Gasteiger charge is 2.05. The Morgan fingerprint density at radius 2 is 1.96 bits per heavy atom. The highest BCUT2D eigenvalue weighted by atomic mass is 32.1. The first kappa shape index (κ1) is 16.1. The van der Waals surface area contributed by atoms with Crippen molar-refractivity contribution in [2.45, 2.75) is 6.92 Å². The number of nitrogens with zero attached hydrogens (tertiary/aromatic N) is 2. The van der Waals surface area contributed by atoms with Crippen LogP contribution in [0.25, 0.3) is 11.3 Å². The number of amides is 1. The first-order valence-electron chi connectivity index (χ1n) is 7.57. The number of ether oxygens (including phenoxy) is 1. The van der Waals surface area contributed by atoms with Crippen LogP contribution in [0.1, 0.15) is 15.2 Å². The van der Waals surface area contributed by atoms with E-state index >= 15 is 0 Å². The van der Waals surface area contributed by atoms with Crippen molar-refractivity contribution in [2.75, 3.05) is 13.2 Å². The Morgan fingerprint density at radius 3 is 2.62 bits per heavy atom. The Labute approximate surface area is 144 Å². The molecule has 2 heterocycles. The van der Waals surface area contributed by atoms with Crippen LogP contribution < -0.4 is 10.1 Å². The predicted octanol–water partition coefficient (Wildman–Crippen LogP) is 3.32. The van der Waals surface area contributed by atoms with E-state index in [0.717, 1.165) is 11.3 Å². The van der Waals surface area contributed by atoms with Gasteiger partial charge in [0, 0.05) is 11.6 Å². The Hall–Kier alpha value is -2.73. The molecule has 122 valence electrons. The maximum atomic E-state index is 11.8. The molecular formula is C18H17N3O2S. The molecule has 1 N–H and O–H groups in total. The molecule has 0 fully saturated rings. The minimum atomic E-state index is -0.0885. The van der Waals surface area contributed by atoms with Crippen molar-refractivity contribution < 1.29 is 9.53 Å². The zero-order chi connectivity index (χ0) is 16.8. The number of carbonyl (C=O) groups is 1. The van der Waals surface area contributed by atoms with Gasteiger partial charge in [-0.05, 0) is 24.4 Å². The minimum Gasteiger partial charge on any atom is -0.475 e. The van der Waals surface area contributed by atoms with E-state index in [1.807, 2.05) is 48.7 Å². The van der Waals surface area contributed by atoms with Gasteiger partial charge < -0.3 is 10.1 Å². The topological polar surface area (TPSA) is 64.1 Å². The van der Waals surface area contributed by atoms with Crippen molar-refractivity contribution in [3.8, 4) is 17.1 Å². The Balaban J connectivity index is 1.48. The molecule has 0 aliphatic rings. The molecule has 24 heavy (non-hydrogen) atoms. The summed E-state index contributed by atoms with van der Waals surface area (Å²) in [6.45, 7) is 2.80. The van der Waals surface area contributed by atoms with Gasteiger partial charge >= 0.3 is 0 Å². The lowest BCUT2D eigenvalue weighted by molar-refractivity contribution is 0.0950. The zero-order valence-corrected chi connectivity index (χ0v) is 14.0. The number of carbonyl (C=O) groups excluding carboxylic acids is 1. The van der Waals surface area contributed by atoms with Crippen LogP contribution in [0.15, 0.2) is 53.9 Å². The molecular weight excluding hydrogens is 322 g/mol. The first-order chi connectivity index (χ1) is 11.7. The van der Waals surface area contributed by atoms with Crippen LogP contribution in [-0.4, -0.2) is 29.3 Å². The Kier molecular flexibility index (Phi) is 5.18. The second kappa shape index (κ2) is 7.70. The number of aromatic nitrogens is 2. The number of rotatable bonds is 6. The van der Waals surface area contributed by atoms with Crippen molar-refractivity contribution in [1.82, 2.24) is 15.5 Å². The Bertz CT molecular complexity index is 784. The number of nitrogens with one attached hydrogen (secondary N) is 1. The van der Waals surface area contributed by atoms with Crippen LogP contribution in [-0.2, 0) is 0 Å². The number of hydrogen-bond donors (Lipinski definition) is 1. The summed E-state index contributed by atoms with van der Waals surface area (Å²) in [5, 5.41) is 12.9. The fraction of sp³-hybridized carbons (Fsp3) is 0.167. The van der Waals surface area contributed by atoms with Crippen molar-refractivity contribution >= 4 is 17.2 Å². The third-order valence-electron chi connectivity index (χ3n) is 3.37. The zero-order valence-electron chi connectivity index (χ0n) is 13.2. The molecule has 3 aromatic rings. The van der Waals surface area contributed by atoms with E-state index in [1.54, 1.807) is 12.1 Å². The summed E-state index contributed by atoms with van der Waals surface area (Å²) >= 11 is 1.41. The predicted molar refractivity (Wildman–Crippen MR) is 94.4 cm³/mol. The summed E-state index contributed by atoms with van der Waals surface area (Å²) < 4.78 is 5.50. The fourth-order valence-corrected chi connectivity index (χ4v) is 2.73. The molecule has 5 nitrogen and oxygen atoms in total. The molecule has 0 atom stereocenters.